The lowest BCUT2D eigenvalue weighted by Crippen LogP contribution is -2.28. The summed E-state index contributed by atoms with van der Waals surface area (Å²) in [5.41, 5.74) is 7.54. The summed E-state index contributed by atoms with van der Waals surface area (Å²) in [4.78, 5) is 2.17. The third-order valence-electron chi connectivity index (χ3n) is 2.46. The standard InChI is InChI=1S/C12H19BrN2O/c1-2-3-6-15(7-8-16)12-5-4-10(14)9-11(12)13/h4-5,9,16H,2-3,6-8,14H2,1H3. The number of aliphatic hydroxyl groups is 1. The van der Waals surface area contributed by atoms with E-state index < -0.39 is 0 Å². The smallest absolute Gasteiger partial charge is 0.0606 e. The molecule has 1 aromatic rings. The van der Waals surface area contributed by atoms with E-state index in [-0.39, 0.29) is 6.61 Å². The molecule has 3 N–H and O–H groups in total. The van der Waals surface area contributed by atoms with E-state index in [0.29, 0.717) is 6.54 Å². The van der Waals surface area contributed by atoms with Gasteiger partial charge in [0.25, 0.3) is 0 Å². The van der Waals surface area contributed by atoms with E-state index in [0.717, 1.165) is 35.2 Å². The lowest BCUT2D eigenvalue weighted by Gasteiger charge is -2.25. The van der Waals surface area contributed by atoms with Crippen LogP contribution in [-0.4, -0.2) is 24.8 Å². The molecular weight excluding hydrogens is 268 g/mol. The molecule has 0 aliphatic heterocycles. The van der Waals surface area contributed by atoms with Crippen molar-refractivity contribution in [2.45, 2.75) is 19.8 Å². The molecule has 0 fully saturated rings. The Kier molecular flexibility index (Phi) is 5.63. The van der Waals surface area contributed by atoms with Crippen molar-refractivity contribution in [3.8, 4) is 0 Å². The molecule has 0 atom stereocenters. The molecule has 0 saturated carbocycles. The lowest BCUT2D eigenvalue weighted by atomic mass is 10.2. The van der Waals surface area contributed by atoms with Crippen LogP contribution in [0, 0.1) is 0 Å². The van der Waals surface area contributed by atoms with Crippen molar-refractivity contribution in [2.24, 2.45) is 0 Å². The highest BCUT2D eigenvalue weighted by Crippen LogP contribution is 2.28. The number of hydrogen-bond donors (Lipinski definition) is 2. The minimum atomic E-state index is 0.167. The van der Waals surface area contributed by atoms with Crippen LogP contribution in [0.3, 0.4) is 0 Å². The molecule has 1 rings (SSSR count). The fraction of sp³-hybridized carbons (Fsp3) is 0.500. The summed E-state index contributed by atoms with van der Waals surface area (Å²) in [6, 6.07) is 5.77. The number of nitrogen functional groups attached to an aromatic ring is 1. The topological polar surface area (TPSA) is 49.5 Å². The Balaban J connectivity index is 2.82. The average molecular weight is 287 g/mol. The van der Waals surface area contributed by atoms with E-state index in [1.165, 1.54) is 0 Å². The number of unbranched alkanes of at least 4 members (excludes halogenated alkanes) is 1. The van der Waals surface area contributed by atoms with Gasteiger partial charge in [-0.25, -0.2) is 0 Å². The monoisotopic (exact) mass is 286 g/mol. The van der Waals surface area contributed by atoms with Gasteiger partial charge in [-0.3, -0.25) is 0 Å². The Morgan fingerprint density at radius 3 is 2.69 bits per heavy atom. The molecule has 0 heterocycles. The third-order valence-corrected chi connectivity index (χ3v) is 3.10. The molecule has 0 aromatic heterocycles. The van der Waals surface area contributed by atoms with Crippen LogP contribution in [-0.2, 0) is 0 Å². The van der Waals surface area contributed by atoms with Crippen LogP contribution in [0.1, 0.15) is 19.8 Å². The van der Waals surface area contributed by atoms with Crippen LogP contribution in [0.25, 0.3) is 0 Å². The molecule has 3 nitrogen and oxygen atoms in total. The second kappa shape index (κ2) is 6.76. The molecular formula is C12H19BrN2O. The Hall–Kier alpha value is -0.740. The van der Waals surface area contributed by atoms with Crippen molar-refractivity contribution in [2.75, 3.05) is 30.3 Å². The molecule has 90 valence electrons. The zero-order valence-corrected chi connectivity index (χ0v) is 11.2. The van der Waals surface area contributed by atoms with Crippen molar-refractivity contribution in [1.82, 2.24) is 0 Å². The molecule has 0 aliphatic rings. The van der Waals surface area contributed by atoms with Gasteiger partial charge in [0.2, 0.25) is 0 Å². The number of nitrogens with two attached hydrogens (primary N) is 1. The van der Waals surface area contributed by atoms with Gasteiger partial charge in [0.15, 0.2) is 0 Å². The summed E-state index contributed by atoms with van der Waals surface area (Å²) < 4.78 is 0.983. The van der Waals surface area contributed by atoms with Gasteiger partial charge in [0, 0.05) is 23.2 Å². The normalized spacial score (nSPS) is 10.4. The molecule has 0 bridgehead atoms. The fourth-order valence-electron chi connectivity index (χ4n) is 1.60. The molecule has 0 spiro atoms. The molecule has 0 saturated heterocycles. The molecule has 0 aliphatic carbocycles. The second-order valence-corrected chi connectivity index (χ2v) is 4.63. The van der Waals surface area contributed by atoms with Crippen LogP contribution in [0.2, 0.25) is 0 Å². The number of hydrogen-bond acceptors (Lipinski definition) is 3. The maximum absolute atomic E-state index is 9.06. The number of benzene rings is 1. The van der Waals surface area contributed by atoms with Gasteiger partial charge >= 0.3 is 0 Å². The SMILES string of the molecule is CCCCN(CCO)c1ccc(N)cc1Br. The average Bonchev–Trinajstić information content (AvgIpc) is 2.25. The van der Waals surface area contributed by atoms with Crippen molar-refractivity contribution < 1.29 is 5.11 Å². The summed E-state index contributed by atoms with van der Waals surface area (Å²) in [6.07, 6.45) is 2.27. The van der Waals surface area contributed by atoms with E-state index in [1.807, 2.05) is 18.2 Å². The number of anilines is 2. The first-order valence-electron chi connectivity index (χ1n) is 5.60. The Bertz CT molecular complexity index is 331. The molecule has 0 unspecified atom stereocenters. The zero-order valence-electron chi connectivity index (χ0n) is 9.62. The van der Waals surface area contributed by atoms with Gasteiger partial charge in [0.1, 0.15) is 0 Å². The molecule has 1 aromatic carbocycles. The number of rotatable bonds is 6. The summed E-state index contributed by atoms with van der Waals surface area (Å²) in [5.74, 6) is 0. The molecule has 0 radical (unpaired) electrons. The van der Waals surface area contributed by atoms with E-state index in [1.54, 1.807) is 0 Å². The van der Waals surface area contributed by atoms with E-state index in [4.69, 9.17) is 10.8 Å². The third kappa shape index (κ3) is 3.68. The number of nitrogens with zero attached hydrogens (tertiary/aromatic N) is 1. The van der Waals surface area contributed by atoms with Crippen molar-refractivity contribution in [1.29, 1.82) is 0 Å². The van der Waals surface area contributed by atoms with Crippen LogP contribution in [0.5, 0.6) is 0 Å². The Labute approximate surface area is 105 Å². The summed E-state index contributed by atoms with van der Waals surface area (Å²) in [7, 11) is 0. The first kappa shape index (κ1) is 13.3. The quantitative estimate of drug-likeness (QED) is 0.791. The molecule has 16 heavy (non-hydrogen) atoms. The maximum atomic E-state index is 9.06. The maximum Gasteiger partial charge on any atom is 0.0606 e. The summed E-state index contributed by atoms with van der Waals surface area (Å²) >= 11 is 3.51. The van der Waals surface area contributed by atoms with Crippen LogP contribution in [0.4, 0.5) is 11.4 Å². The fourth-order valence-corrected chi connectivity index (χ4v) is 2.25. The largest absolute Gasteiger partial charge is 0.399 e. The van der Waals surface area contributed by atoms with E-state index >= 15 is 0 Å². The van der Waals surface area contributed by atoms with Crippen molar-refractivity contribution >= 4 is 27.3 Å². The van der Waals surface area contributed by atoms with Crippen molar-refractivity contribution in [3.05, 3.63) is 22.7 Å². The van der Waals surface area contributed by atoms with Gasteiger partial charge in [-0.1, -0.05) is 13.3 Å². The first-order valence-corrected chi connectivity index (χ1v) is 6.39. The zero-order chi connectivity index (χ0) is 12.0. The van der Waals surface area contributed by atoms with Gasteiger partial charge in [-0.15, -0.1) is 0 Å². The van der Waals surface area contributed by atoms with E-state index in [2.05, 4.69) is 27.8 Å². The highest BCUT2D eigenvalue weighted by Gasteiger charge is 2.09. The minimum absolute atomic E-state index is 0.167. The summed E-state index contributed by atoms with van der Waals surface area (Å²) in [6.45, 7) is 3.94. The minimum Gasteiger partial charge on any atom is -0.399 e. The summed E-state index contributed by atoms with van der Waals surface area (Å²) in [5, 5.41) is 9.06. The lowest BCUT2D eigenvalue weighted by molar-refractivity contribution is 0.301. The Morgan fingerprint density at radius 1 is 1.38 bits per heavy atom. The highest BCUT2D eigenvalue weighted by atomic mass is 79.9. The van der Waals surface area contributed by atoms with Gasteiger partial charge in [-0.05, 0) is 40.5 Å². The van der Waals surface area contributed by atoms with E-state index in [9.17, 15) is 0 Å². The van der Waals surface area contributed by atoms with Gasteiger partial charge < -0.3 is 15.7 Å². The highest BCUT2D eigenvalue weighted by molar-refractivity contribution is 9.10. The van der Waals surface area contributed by atoms with Gasteiger partial charge in [-0.2, -0.15) is 0 Å². The predicted octanol–water partition coefficient (Wildman–Crippen LogP) is 2.63. The van der Waals surface area contributed by atoms with Gasteiger partial charge in [0.05, 0.1) is 12.3 Å². The van der Waals surface area contributed by atoms with Crippen LogP contribution < -0.4 is 10.6 Å². The van der Waals surface area contributed by atoms with Crippen LogP contribution >= 0.6 is 15.9 Å². The first-order chi connectivity index (χ1) is 7.69. The molecule has 4 heteroatoms. The Morgan fingerprint density at radius 2 is 2.12 bits per heavy atom. The predicted molar refractivity (Wildman–Crippen MR) is 72.8 cm³/mol. The molecule has 0 amide bonds. The van der Waals surface area contributed by atoms with Crippen LogP contribution in [0.15, 0.2) is 22.7 Å². The number of aliphatic hydroxyl groups excluding tert-OH is 1. The second-order valence-electron chi connectivity index (χ2n) is 3.78. The van der Waals surface area contributed by atoms with Crippen molar-refractivity contribution in [3.63, 3.8) is 0 Å². The number of halogens is 1.